The standard InChI is InChI=1S/C19H19ClFNO4/c1-11-5-4-6-12(2)18(11)25-10-17(23)26-13(3)19(24)22-16-8-7-14(20)9-15(16)21/h4-9,13H,10H2,1-3H3,(H,22,24)/t13-/m1/s1. The van der Waals surface area contributed by atoms with E-state index in [0.717, 1.165) is 17.2 Å². The van der Waals surface area contributed by atoms with Crippen molar-refractivity contribution < 1.29 is 23.5 Å². The van der Waals surface area contributed by atoms with Gasteiger partial charge in [0.05, 0.1) is 5.69 Å². The summed E-state index contributed by atoms with van der Waals surface area (Å²) in [5, 5.41) is 2.56. The Morgan fingerprint density at radius 2 is 1.85 bits per heavy atom. The van der Waals surface area contributed by atoms with Crippen LogP contribution in [0.1, 0.15) is 18.1 Å². The van der Waals surface area contributed by atoms with Crippen molar-refractivity contribution >= 4 is 29.2 Å². The minimum absolute atomic E-state index is 0.0471. The molecule has 0 aliphatic rings. The molecular weight excluding hydrogens is 361 g/mol. The number of carbonyl (C=O) groups is 2. The van der Waals surface area contributed by atoms with E-state index in [9.17, 15) is 14.0 Å². The van der Waals surface area contributed by atoms with Crippen LogP contribution in [0.5, 0.6) is 5.75 Å². The average Bonchev–Trinajstić information content (AvgIpc) is 2.56. The van der Waals surface area contributed by atoms with Crippen LogP contribution < -0.4 is 10.1 Å². The van der Waals surface area contributed by atoms with Gasteiger partial charge in [-0.3, -0.25) is 4.79 Å². The maximum absolute atomic E-state index is 13.7. The fraction of sp³-hybridized carbons (Fsp3) is 0.263. The minimum atomic E-state index is -1.11. The van der Waals surface area contributed by atoms with Gasteiger partial charge in [-0.15, -0.1) is 0 Å². The monoisotopic (exact) mass is 379 g/mol. The third-order valence-electron chi connectivity index (χ3n) is 3.61. The fourth-order valence-electron chi connectivity index (χ4n) is 2.27. The van der Waals surface area contributed by atoms with E-state index in [2.05, 4.69) is 5.32 Å². The van der Waals surface area contributed by atoms with Gasteiger partial charge >= 0.3 is 5.97 Å². The van der Waals surface area contributed by atoms with Crippen molar-refractivity contribution in [2.45, 2.75) is 26.9 Å². The van der Waals surface area contributed by atoms with Crippen LogP contribution in [0, 0.1) is 19.7 Å². The molecule has 0 radical (unpaired) electrons. The second-order valence-electron chi connectivity index (χ2n) is 5.76. The summed E-state index contributed by atoms with van der Waals surface area (Å²) in [4.78, 5) is 23.9. The Labute approximate surface area is 156 Å². The van der Waals surface area contributed by atoms with Gasteiger partial charge in [-0.1, -0.05) is 29.8 Å². The summed E-state index contributed by atoms with van der Waals surface area (Å²) < 4.78 is 24.2. The molecular formula is C19H19ClFNO4. The zero-order chi connectivity index (χ0) is 19.3. The predicted octanol–water partition coefficient (Wildman–Crippen LogP) is 4.05. The number of amides is 1. The van der Waals surface area contributed by atoms with Crippen LogP contribution in [-0.4, -0.2) is 24.6 Å². The quantitative estimate of drug-likeness (QED) is 0.769. The second-order valence-corrected chi connectivity index (χ2v) is 6.19. The Morgan fingerprint density at radius 1 is 1.19 bits per heavy atom. The van der Waals surface area contributed by atoms with Crippen LogP contribution in [0.25, 0.3) is 0 Å². The molecule has 0 aromatic heterocycles. The summed E-state index contributed by atoms with van der Waals surface area (Å²) in [6, 6.07) is 9.46. The number of ether oxygens (including phenoxy) is 2. The molecule has 0 aliphatic heterocycles. The molecule has 0 aliphatic carbocycles. The third-order valence-corrected chi connectivity index (χ3v) is 3.84. The molecule has 0 bridgehead atoms. The van der Waals surface area contributed by atoms with E-state index in [0.29, 0.717) is 5.75 Å². The number of halogens is 2. The predicted molar refractivity (Wildman–Crippen MR) is 97.0 cm³/mol. The normalized spacial score (nSPS) is 11.6. The number of benzene rings is 2. The van der Waals surface area contributed by atoms with E-state index in [-0.39, 0.29) is 17.3 Å². The SMILES string of the molecule is Cc1cccc(C)c1OCC(=O)O[C@H](C)C(=O)Nc1ccc(Cl)cc1F. The van der Waals surface area contributed by atoms with Crippen molar-refractivity contribution in [2.75, 3.05) is 11.9 Å². The molecule has 0 saturated carbocycles. The molecule has 138 valence electrons. The fourth-order valence-corrected chi connectivity index (χ4v) is 2.43. The van der Waals surface area contributed by atoms with Gasteiger partial charge in [-0.05, 0) is 50.1 Å². The lowest BCUT2D eigenvalue weighted by atomic mass is 10.1. The van der Waals surface area contributed by atoms with Gasteiger partial charge in [0, 0.05) is 5.02 Å². The Kier molecular flexibility index (Phi) is 6.58. The first kappa shape index (κ1) is 19.7. The minimum Gasteiger partial charge on any atom is -0.481 e. The van der Waals surface area contributed by atoms with Gasteiger partial charge in [0.1, 0.15) is 11.6 Å². The highest BCUT2D eigenvalue weighted by molar-refractivity contribution is 6.30. The van der Waals surface area contributed by atoms with Crippen molar-refractivity contribution in [1.82, 2.24) is 0 Å². The number of para-hydroxylation sites is 1. The molecule has 0 saturated heterocycles. The summed E-state index contributed by atoms with van der Waals surface area (Å²) in [7, 11) is 0. The van der Waals surface area contributed by atoms with Gasteiger partial charge in [-0.25, -0.2) is 9.18 Å². The highest BCUT2D eigenvalue weighted by Gasteiger charge is 2.20. The topological polar surface area (TPSA) is 64.6 Å². The Hall–Kier alpha value is -2.60. The molecule has 2 rings (SSSR count). The van der Waals surface area contributed by atoms with Gasteiger partial charge in [0.2, 0.25) is 0 Å². The largest absolute Gasteiger partial charge is 0.481 e. The van der Waals surface area contributed by atoms with E-state index in [1.54, 1.807) is 0 Å². The summed E-state index contributed by atoms with van der Waals surface area (Å²) in [5.74, 6) is -1.44. The maximum Gasteiger partial charge on any atom is 0.344 e. The van der Waals surface area contributed by atoms with Crippen molar-refractivity contribution in [1.29, 1.82) is 0 Å². The maximum atomic E-state index is 13.7. The van der Waals surface area contributed by atoms with E-state index in [4.69, 9.17) is 21.1 Å². The molecule has 5 nitrogen and oxygen atoms in total. The van der Waals surface area contributed by atoms with Gasteiger partial charge in [0.25, 0.3) is 5.91 Å². The molecule has 0 spiro atoms. The number of esters is 1. The lowest BCUT2D eigenvalue weighted by Gasteiger charge is -2.15. The number of carbonyl (C=O) groups excluding carboxylic acids is 2. The smallest absolute Gasteiger partial charge is 0.344 e. The summed E-state index contributed by atoms with van der Waals surface area (Å²) in [5.41, 5.74) is 1.73. The molecule has 26 heavy (non-hydrogen) atoms. The van der Waals surface area contributed by atoms with Crippen LogP contribution in [0.4, 0.5) is 10.1 Å². The number of aryl methyl sites for hydroxylation is 2. The number of rotatable bonds is 6. The van der Waals surface area contributed by atoms with Crippen LogP contribution in [0.3, 0.4) is 0 Å². The van der Waals surface area contributed by atoms with Crippen molar-refractivity contribution in [3.8, 4) is 5.75 Å². The molecule has 0 heterocycles. The van der Waals surface area contributed by atoms with Gasteiger partial charge in [-0.2, -0.15) is 0 Å². The van der Waals surface area contributed by atoms with E-state index >= 15 is 0 Å². The lowest BCUT2D eigenvalue weighted by Crippen LogP contribution is -2.32. The molecule has 0 fully saturated rings. The van der Waals surface area contributed by atoms with Crippen molar-refractivity contribution in [3.63, 3.8) is 0 Å². The average molecular weight is 380 g/mol. The van der Waals surface area contributed by atoms with Crippen LogP contribution in [-0.2, 0) is 14.3 Å². The van der Waals surface area contributed by atoms with Crippen LogP contribution in [0.2, 0.25) is 5.02 Å². The number of nitrogens with one attached hydrogen (secondary N) is 1. The van der Waals surface area contributed by atoms with Gasteiger partial charge < -0.3 is 14.8 Å². The first-order valence-electron chi connectivity index (χ1n) is 7.92. The van der Waals surface area contributed by atoms with E-state index in [1.165, 1.54) is 19.1 Å². The summed E-state index contributed by atoms with van der Waals surface area (Å²) in [6.45, 7) is 4.79. The Morgan fingerprint density at radius 3 is 2.46 bits per heavy atom. The molecule has 1 N–H and O–H groups in total. The zero-order valence-corrected chi connectivity index (χ0v) is 15.4. The number of hydrogen-bond donors (Lipinski definition) is 1. The zero-order valence-electron chi connectivity index (χ0n) is 14.6. The first-order valence-corrected chi connectivity index (χ1v) is 8.30. The second kappa shape index (κ2) is 8.67. The van der Waals surface area contributed by atoms with Crippen LogP contribution >= 0.6 is 11.6 Å². The van der Waals surface area contributed by atoms with E-state index in [1.807, 2.05) is 32.0 Å². The summed E-state index contributed by atoms with van der Waals surface area (Å²) >= 11 is 5.66. The third kappa shape index (κ3) is 5.20. The molecule has 1 amide bonds. The number of anilines is 1. The first-order chi connectivity index (χ1) is 12.3. The van der Waals surface area contributed by atoms with Crippen LogP contribution in [0.15, 0.2) is 36.4 Å². The Balaban J connectivity index is 1.89. The van der Waals surface area contributed by atoms with Crippen molar-refractivity contribution in [3.05, 3.63) is 58.4 Å². The molecule has 0 unspecified atom stereocenters. The van der Waals surface area contributed by atoms with Crippen molar-refractivity contribution in [2.24, 2.45) is 0 Å². The number of hydrogen-bond acceptors (Lipinski definition) is 4. The molecule has 1 atom stereocenters. The molecule has 2 aromatic carbocycles. The summed E-state index contributed by atoms with van der Waals surface area (Å²) in [6.07, 6.45) is -1.11. The lowest BCUT2D eigenvalue weighted by molar-refractivity contribution is -0.155. The highest BCUT2D eigenvalue weighted by Crippen LogP contribution is 2.22. The molecule has 7 heteroatoms. The highest BCUT2D eigenvalue weighted by atomic mass is 35.5. The molecule has 2 aromatic rings. The van der Waals surface area contributed by atoms with E-state index < -0.39 is 23.8 Å². The van der Waals surface area contributed by atoms with Gasteiger partial charge in [0.15, 0.2) is 12.7 Å². The Bertz CT molecular complexity index is 805.